The average Bonchev–Trinajstić information content (AvgIpc) is 2.32. The zero-order valence-electron chi connectivity index (χ0n) is 11.3. The summed E-state index contributed by atoms with van der Waals surface area (Å²) >= 11 is 0. The number of aromatic nitrogens is 1. The van der Waals surface area contributed by atoms with E-state index in [1.807, 2.05) is 19.0 Å². The van der Waals surface area contributed by atoms with E-state index in [2.05, 4.69) is 10.3 Å². The molecule has 0 fully saturated rings. The van der Waals surface area contributed by atoms with Crippen LogP contribution in [0.15, 0.2) is 12.1 Å². The Labute approximate surface area is 115 Å². The molecule has 1 amide bonds. The van der Waals surface area contributed by atoms with Crippen molar-refractivity contribution in [1.29, 1.82) is 0 Å². The molecule has 1 heterocycles. The van der Waals surface area contributed by atoms with E-state index in [4.69, 9.17) is 5.73 Å². The highest BCUT2D eigenvalue weighted by Crippen LogP contribution is 2.29. The largest absolute Gasteiger partial charge is 0.433 e. The molecule has 112 valence electrons. The molecule has 0 radical (unpaired) electrons. The highest BCUT2D eigenvalue weighted by Gasteiger charge is 2.33. The van der Waals surface area contributed by atoms with E-state index in [9.17, 15) is 18.0 Å². The molecule has 0 aromatic carbocycles. The summed E-state index contributed by atoms with van der Waals surface area (Å²) in [5.41, 5.74) is 4.01. The van der Waals surface area contributed by atoms with Crippen LogP contribution in [0.5, 0.6) is 0 Å². The van der Waals surface area contributed by atoms with Gasteiger partial charge in [-0.1, -0.05) is 0 Å². The number of anilines is 1. The molecule has 0 spiro atoms. The number of amides is 1. The number of nitrogens with zero attached hydrogens (tertiary/aromatic N) is 2. The molecule has 8 heteroatoms. The van der Waals surface area contributed by atoms with Crippen LogP contribution in [0.1, 0.15) is 22.5 Å². The van der Waals surface area contributed by atoms with E-state index in [-0.39, 0.29) is 11.4 Å². The van der Waals surface area contributed by atoms with Crippen molar-refractivity contribution in [3.05, 3.63) is 23.4 Å². The van der Waals surface area contributed by atoms with Gasteiger partial charge in [0, 0.05) is 6.54 Å². The van der Waals surface area contributed by atoms with E-state index in [1.165, 1.54) is 0 Å². The number of rotatable bonds is 6. The van der Waals surface area contributed by atoms with Crippen LogP contribution < -0.4 is 11.1 Å². The molecule has 0 unspecified atom stereocenters. The van der Waals surface area contributed by atoms with Gasteiger partial charge in [0.1, 0.15) is 11.5 Å². The van der Waals surface area contributed by atoms with Crippen molar-refractivity contribution in [2.45, 2.75) is 12.6 Å². The maximum atomic E-state index is 12.6. The van der Waals surface area contributed by atoms with Gasteiger partial charge in [0.05, 0.1) is 5.56 Å². The smallest absolute Gasteiger partial charge is 0.369 e. The van der Waals surface area contributed by atoms with E-state index in [0.29, 0.717) is 13.0 Å². The van der Waals surface area contributed by atoms with Gasteiger partial charge >= 0.3 is 6.18 Å². The van der Waals surface area contributed by atoms with Gasteiger partial charge in [-0.15, -0.1) is 0 Å². The summed E-state index contributed by atoms with van der Waals surface area (Å²) in [5.74, 6) is -0.951. The lowest BCUT2D eigenvalue weighted by Gasteiger charge is -2.13. The molecule has 0 aliphatic carbocycles. The summed E-state index contributed by atoms with van der Waals surface area (Å²) in [4.78, 5) is 16.5. The normalized spacial score (nSPS) is 11.7. The van der Waals surface area contributed by atoms with Crippen LogP contribution in [0.25, 0.3) is 0 Å². The fourth-order valence-electron chi connectivity index (χ4n) is 1.55. The molecule has 0 bridgehead atoms. The number of primary amides is 1. The second kappa shape index (κ2) is 6.56. The van der Waals surface area contributed by atoms with E-state index in [0.717, 1.165) is 18.7 Å². The number of carbonyl (C=O) groups excluding carboxylic acids is 1. The van der Waals surface area contributed by atoms with Crippen molar-refractivity contribution in [2.24, 2.45) is 5.73 Å². The standard InChI is InChI=1S/C12H17F3N4O/c1-19(2)7-3-6-17-11-8(10(16)20)4-5-9(18-11)12(13,14)15/h4-5H,3,6-7H2,1-2H3,(H2,16,20)(H,17,18). The molecule has 1 aromatic rings. The quantitative estimate of drug-likeness (QED) is 0.780. The topological polar surface area (TPSA) is 71.2 Å². The van der Waals surface area contributed by atoms with Crippen molar-refractivity contribution in [2.75, 3.05) is 32.5 Å². The molecule has 20 heavy (non-hydrogen) atoms. The Morgan fingerprint density at radius 1 is 1.40 bits per heavy atom. The molecule has 5 nitrogen and oxygen atoms in total. The lowest BCUT2D eigenvalue weighted by Crippen LogP contribution is -2.20. The Morgan fingerprint density at radius 3 is 2.55 bits per heavy atom. The summed E-state index contributed by atoms with van der Waals surface area (Å²) in [5, 5.41) is 2.72. The van der Waals surface area contributed by atoms with Gasteiger partial charge in [0.25, 0.3) is 5.91 Å². The van der Waals surface area contributed by atoms with Crippen molar-refractivity contribution >= 4 is 11.7 Å². The minimum Gasteiger partial charge on any atom is -0.369 e. The monoisotopic (exact) mass is 290 g/mol. The molecule has 0 saturated heterocycles. The van der Waals surface area contributed by atoms with Crippen molar-refractivity contribution in [3.63, 3.8) is 0 Å². The fraction of sp³-hybridized carbons (Fsp3) is 0.500. The first-order chi connectivity index (χ1) is 9.21. The maximum Gasteiger partial charge on any atom is 0.433 e. The molecule has 0 saturated carbocycles. The van der Waals surface area contributed by atoms with E-state index < -0.39 is 17.8 Å². The van der Waals surface area contributed by atoms with Crippen LogP contribution in [0.2, 0.25) is 0 Å². The number of nitrogens with one attached hydrogen (secondary N) is 1. The second-order valence-electron chi connectivity index (χ2n) is 4.54. The number of carbonyl (C=O) groups is 1. The number of pyridine rings is 1. The number of nitrogens with two attached hydrogens (primary N) is 1. The number of hydrogen-bond acceptors (Lipinski definition) is 4. The Kier molecular flexibility index (Phi) is 5.32. The SMILES string of the molecule is CN(C)CCCNc1nc(C(F)(F)F)ccc1C(N)=O. The minimum absolute atomic E-state index is 0.0529. The fourth-order valence-corrected chi connectivity index (χ4v) is 1.55. The molecular weight excluding hydrogens is 273 g/mol. The molecule has 0 aliphatic heterocycles. The Morgan fingerprint density at radius 2 is 2.05 bits per heavy atom. The molecular formula is C12H17F3N4O. The Balaban J connectivity index is 2.87. The van der Waals surface area contributed by atoms with E-state index >= 15 is 0 Å². The Bertz CT molecular complexity index is 474. The summed E-state index contributed by atoms with van der Waals surface area (Å²) in [6, 6.07) is 1.78. The van der Waals surface area contributed by atoms with Gasteiger partial charge < -0.3 is 16.0 Å². The first-order valence-electron chi connectivity index (χ1n) is 5.98. The predicted molar refractivity (Wildman–Crippen MR) is 69.4 cm³/mol. The lowest BCUT2D eigenvalue weighted by molar-refractivity contribution is -0.141. The number of alkyl halides is 3. The molecule has 0 atom stereocenters. The van der Waals surface area contributed by atoms with Gasteiger partial charge in [-0.25, -0.2) is 4.98 Å². The van der Waals surface area contributed by atoms with Gasteiger partial charge in [0.15, 0.2) is 0 Å². The summed E-state index contributed by atoms with van der Waals surface area (Å²) in [6.45, 7) is 1.16. The van der Waals surface area contributed by atoms with Crippen LogP contribution in [-0.4, -0.2) is 43.0 Å². The van der Waals surface area contributed by atoms with E-state index in [1.54, 1.807) is 0 Å². The zero-order valence-corrected chi connectivity index (χ0v) is 11.3. The van der Waals surface area contributed by atoms with Crippen molar-refractivity contribution < 1.29 is 18.0 Å². The van der Waals surface area contributed by atoms with Crippen LogP contribution in [-0.2, 0) is 6.18 Å². The predicted octanol–water partition coefficient (Wildman–Crippen LogP) is 1.56. The summed E-state index contributed by atoms with van der Waals surface area (Å²) in [7, 11) is 3.77. The zero-order chi connectivity index (χ0) is 15.3. The first kappa shape index (κ1) is 16.2. The van der Waals surface area contributed by atoms with Gasteiger partial charge in [-0.3, -0.25) is 4.79 Å². The third-order valence-electron chi connectivity index (χ3n) is 2.53. The Hall–Kier alpha value is -1.83. The van der Waals surface area contributed by atoms with Gasteiger partial charge in [0.2, 0.25) is 0 Å². The highest BCUT2D eigenvalue weighted by molar-refractivity contribution is 5.97. The maximum absolute atomic E-state index is 12.6. The van der Waals surface area contributed by atoms with Crippen LogP contribution in [0.3, 0.4) is 0 Å². The third kappa shape index (κ3) is 4.69. The summed E-state index contributed by atoms with van der Waals surface area (Å²) < 4.78 is 37.7. The molecule has 0 aliphatic rings. The van der Waals surface area contributed by atoms with Gasteiger partial charge in [-0.05, 0) is 39.2 Å². The van der Waals surface area contributed by atoms with Crippen LogP contribution >= 0.6 is 0 Å². The average molecular weight is 290 g/mol. The third-order valence-corrected chi connectivity index (χ3v) is 2.53. The minimum atomic E-state index is -4.56. The number of halogens is 3. The van der Waals surface area contributed by atoms with Crippen molar-refractivity contribution in [3.8, 4) is 0 Å². The van der Waals surface area contributed by atoms with Gasteiger partial charge in [-0.2, -0.15) is 13.2 Å². The first-order valence-corrected chi connectivity index (χ1v) is 5.98. The molecule has 1 rings (SSSR count). The highest BCUT2D eigenvalue weighted by atomic mass is 19.4. The second-order valence-corrected chi connectivity index (χ2v) is 4.54. The summed E-state index contributed by atoms with van der Waals surface area (Å²) in [6.07, 6.45) is -3.86. The lowest BCUT2D eigenvalue weighted by atomic mass is 10.2. The van der Waals surface area contributed by atoms with Crippen molar-refractivity contribution in [1.82, 2.24) is 9.88 Å². The molecule has 3 N–H and O–H groups in total. The number of hydrogen-bond donors (Lipinski definition) is 2. The van der Waals surface area contributed by atoms with Crippen LogP contribution in [0, 0.1) is 0 Å². The van der Waals surface area contributed by atoms with Crippen LogP contribution in [0.4, 0.5) is 19.0 Å². The molecule has 1 aromatic heterocycles.